The molecule has 12 heteroatoms. The Balaban J connectivity index is 0.000000631. The topological polar surface area (TPSA) is 128 Å². The first kappa shape index (κ1) is 30.1. The van der Waals surface area contributed by atoms with Crippen molar-refractivity contribution in [1.82, 2.24) is 9.80 Å². The number of aliphatic carboxylic acids is 2. The number of thioether (sulfide) groups is 1. The molecule has 2 amide bonds. The van der Waals surface area contributed by atoms with Gasteiger partial charge in [-0.3, -0.25) is 9.69 Å². The van der Waals surface area contributed by atoms with E-state index < -0.39 is 29.7 Å². The largest absolute Gasteiger partial charge is 0.473 e. The van der Waals surface area contributed by atoms with Crippen LogP contribution in [0.5, 0.6) is 0 Å². The molecule has 2 aromatic carbocycles. The molecule has 2 saturated heterocycles. The summed E-state index contributed by atoms with van der Waals surface area (Å²) in [5, 5.41) is 15.1. The predicted molar refractivity (Wildman–Crippen MR) is 149 cm³/mol. The molecule has 0 bridgehead atoms. The Bertz CT molecular complexity index is 1150. The zero-order valence-electron chi connectivity index (χ0n) is 21.9. The van der Waals surface area contributed by atoms with E-state index in [1.807, 2.05) is 68.1 Å². The van der Waals surface area contributed by atoms with Gasteiger partial charge in [0.1, 0.15) is 17.0 Å². The molecule has 2 unspecified atom stereocenters. The molecular weight excluding hydrogens is 546 g/mol. The zero-order chi connectivity index (χ0) is 28.7. The van der Waals surface area contributed by atoms with Crippen molar-refractivity contribution in [1.29, 1.82) is 0 Å². The van der Waals surface area contributed by atoms with Crippen LogP contribution in [-0.2, 0) is 19.1 Å². The summed E-state index contributed by atoms with van der Waals surface area (Å²) in [4.78, 5) is 50.8. The molecule has 2 N–H and O–H groups in total. The van der Waals surface area contributed by atoms with Gasteiger partial charge in [0.05, 0.1) is 0 Å². The van der Waals surface area contributed by atoms with Gasteiger partial charge >= 0.3 is 18.0 Å². The van der Waals surface area contributed by atoms with Gasteiger partial charge in [0.15, 0.2) is 0 Å². The molecule has 210 valence electrons. The van der Waals surface area contributed by atoms with Crippen LogP contribution in [-0.4, -0.2) is 87.5 Å². The summed E-state index contributed by atoms with van der Waals surface area (Å²) in [7, 11) is 0. The Morgan fingerprint density at radius 1 is 0.897 bits per heavy atom. The molecule has 2 aromatic rings. The van der Waals surface area contributed by atoms with E-state index in [4.69, 9.17) is 36.1 Å². The van der Waals surface area contributed by atoms with Crippen molar-refractivity contribution >= 4 is 53.0 Å². The van der Waals surface area contributed by atoms with Crippen molar-refractivity contribution in [2.75, 3.05) is 36.8 Å². The molecule has 2 heterocycles. The summed E-state index contributed by atoms with van der Waals surface area (Å²) < 4.78 is 5.71. The molecule has 0 radical (unpaired) electrons. The number of ether oxygens (including phenoxy) is 1. The lowest BCUT2D eigenvalue weighted by Crippen LogP contribution is -2.55. The van der Waals surface area contributed by atoms with Crippen LogP contribution in [0.3, 0.4) is 0 Å². The van der Waals surface area contributed by atoms with Crippen LogP contribution >= 0.6 is 23.4 Å². The Kier molecular flexibility index (Phi) is 10.1. The van der Waals surface area contributed by atoms with Crippen LogP contribution in [0.4, 0.5) is 10.5 Å². The third kappa shape index (κ3) is 8.27. The molecule has 0 aliphatic carbocycles. The van der Waals surface area contributed by atoms with Crippen LogP contribution in [0.15, 0.2) is 54.6 Å². The Hall–Kier alpha value is -3.44. The average molecular weight is 578 g/mol. The van der Waals surface area contributed by atoms with Gasteiger partial charge < -0.3 is 24.7 Å². The molecular formula is C27H32ClN3O7S. The monoisotopic (exact) mass is 577 g/mol. The fraction of sp³-hybridized carbons (Fsp3) is 0.407. The highest BCUT2D eigenvalue weighted by atomic mass is 35.5. The summed E-state index contributed by atoms with van der Waals surface area (Å²) in [5.74, 6) is -3.13. The van der Waals surface area contributed by atoms with E-state index in [1.165, 1.54) is 5.69 Å². The van der Waals surface area contributed by atoms with E-state index in [9.17, 15) is 9.59 Å². The highest BCUT2D eigenvalue weighted by Gasteiger charge is 2.45. The van der Waals surface area contributed by atoms with Crippen LogP contribution < -0.4 is 4.90 Å². The number of carbonyl (C=O) groups is 4. The summed E-state index contributed by atoms with van der Waals surface area (Å²) in [5.41, 5.74) is 1.45. The molecule has 0 aromatic heterocycles. The summed E-state index contributed by atoms with van der Waals surface area (Å²) in [6.45, 7) is 8.30. The maximum absolute atomic E-state index is 13.6. The lowest BCUT2D eigenvalue weighted by atomic mass is 10.1. The van der Waals surface area contributed by atoms with Crippen molar-refractivity contribution in [3.8, 4) is 0 Å². The number of para-hydroxylation sites is 1. The number of carboxylic acid groups (broad SMARTS) is 2. The van der Waals surface area contributed by atoms with Gasteiger partial charge in [0.2, 0.25) is 5.91 Å². The number of amides is 2. The molecule has 4 rings (SSSR count). The lowest BCUT2D eigenvalue weighted by molar-refractivity contribution is -0.159. The number of anilines is 1. The number of piperazine rings is 1. The summed E-state index contributed by atoms with van der Waals surface area (Å²) >= 11 is 7.65. The second kappa shape index (κ2) is 13.1. The second-order valence-electron chi connectivity index (χ2n) is 9.90. The quantitative estimate of drug-likeness (QED) is 0.516. The highest BCUT2D eigenvalue weighted by Crippen LogP contribution is 2.43. The fourth-order valence-electron chi connectivity index (χ4n) is 4.15. The van der Waals surface area contributed by atoms with Crippen molar-refractivity contribution in [3.63, 3.8) is 0 Å². The van der Waals surface area contributed by atoms with Gasteiger partial charge in [0, 0.05) is 42.6 Å². The molecule has 2 atom stereocenters. The SMILES string of the molecule is CC(C)(C)OC(=O)N1C(C(=O)N2CCN(c3ccccc3)CC2)CSC1c1ccc(Cl)cc1.O=C(O)C(=O)O. The maximum atomic E-state index is 13.6. The van der Waals surface area contributed by atoms with Gasteiger partial charge in [-0.05, 0) is 50.6 Å². The smallest absolute Gasteiger partial charge is 0.414 e. The van der Waals surface area contributed by atoms with E-state index >= 15 is 0 Å². The van der Waals surface area contributed by atoms with Crippen molar-refractivity contribution in [3.05, 3.63) is 65.2 Å². The molecule has 39 heavy (non-hydrogen) atoms. The van der Waals surface area contributed by atoms with Gasteiger partial charge in [-0.2, -0.15) is 0 Å². The van der Waals surface area contributed by atoms with Crippen LogP contribution in [0.2, 0.25) is 5.02 Å². The minimum absolute atomic E-state index is 0.0162. The molecule has 2 aliphatic rings. The number of hydrogen-bond acceptors (Lipinski definition) is 7. The maximum Gasteiger partial charge on any atom is 0.414 e. The minimum atomic E-state index is -1.82. The highest BCUT2D eigenvalue weighted by molar-refractivity contribution is 7.99. The third-order valence-electron chi connectivity index (χ3n) is 5.94. The molecule has 0 spiro atoms. The van der Waals surface area contributed by atoms with Crippen molar-refractivity contribution in [2.45, 2.75) is 37.8 Å². The van der Waals surface area contributed by atoms with E-state index in [0.29, 0.717) is 23.9 Å². The lowest BCUT2D eigenvalue weighted by Gasteiger charge is -2.39. The normalized spacial score (nSPS) is 19.1. The number of benzene rings is 2. The van der Waals surface area contributed by atoms with E-state index in [1.54, 1.807) is 16.7 Å². The molecule has 2 aliphatic heterocycles. The van der Waals surface area contributed by atoms with Crippen LogP contribution in [0.25, 0.3) is 0 Å². The Morgan fingerprint density at radius 3 is 1.97 bits per heavy atom. The van der Waals surface area contributed by atoms with Crippen molar-refractivity contribution < 1.29 is 34.1 Å². The standard InChI is InChI=1S/C25H30ClN3O3S.C2H2O4/c1-25(2,3)32-24(31)29-21(17-33-23(29)18-9-11-19(26)12-10-18)22(30)28-15-13-27(14-16-28)20-7-5-4-6-8-20;3-1(4)2(5)6/h4-12,21,23H,13-17H2,1-3H3;(H,3,4)(H,5,6). The zero-order valence-corrected chi connectivity index (χ0v) is 23.5. The number of halogens is 1. The van der Waals surface area contributed by atoms with Gasteiger partial charge in [-0.1, -0.05) is 41.9 Å². The number of carboxylic acids is 2. The number of rotatable bonds is 3. The van der Waals surface area contributed by atoms with Crippen molar-refractivity contribution in [2.24, 2.45) is 0 Å². The number of nitrogens with zero attached hydrogens (tertiary/aromatic N) is 3. The van der Waals surface area contributed by atoms with Gasteiger partial charge in [-0.25, -0.2) is 14.4 Å². The van der Waals surface area contributed by atoms with E-state index in [0.717, 1.165) is 18.7 Å². The first-order chi connectivity index (χ1) is 18.4. The fourth-order valence-corrected chi connectivity index (χ4v) is 5.69. The van der Waals surface area contributed by atoms with Crippen LogP contribution in [0, 0.1) is 0 Å². The van der Waals surface area contributed by atoms with Crippen LogP contribution in [0.1, 0.15) is 31.7 Å². The Morgan fingerprint density at radius 2 is 1.46 bits per heavy atom. The minimum Gasteiger partial charge on any atom is -0.473 e. The van der Waals surface area contributed by atoms with Gasteiger partial charge in [0.25, 0.3) is 0 Å². The molecule has 10 nitrogen and oxygen atoms in total. The Labute approximate surface area is 236 Å². The van der Waals surface area contributed by atoms with E-state index in [2.05, 4.69) is 17.0 Å². The molecule has 0 saturated carbocycles. The summed E-state index contributed by atoms with van der Waals surface area (Å²) in [6, 6.07) is 17.1. The average Bonchev–Trinajstić information content (AvgIpc) is 3.34. The number of carbonyl (C=O) groups excluding carboxylic acids is 2. The second-order valence-corrected chi connectivity index (χ2v) is 11.4. The van der Waals surface area contributed by atoms with Gasteiger partial charge in [-0.15, -0.1) is 11.8 Å². The summed E-state index contributed by atoms with van der Waals surface area (Å²) in [6.07, 6.45) is -0.464. The predicted octanol–water partition coefficient (Wildman–Crippen LogP) is 4.20. The van der Waals surface area contributed by atoms with E-state index in [-0.39, 0.29) is 11.3 Å². The number of hydrogen-bond donors (Lipinski definition) is 2. The molecule has 2 fully saturated rings. The third-order valence-corrected chi connectivity index (χ3v) is 7.52. The first-order valence-electron chi connectivity index (χ1n) is 12.3. The first-order valence-corrected chi connectivity index (χ1v) is 13.7.